The van der Waals surface area contributed by atoms with Crippen molar-refractivity contribution in [3.05, 3.63) is 34.0 Å². The molecular weight excluding hydrogens is 463 g/mol. The van der Waals surface area contributed by atoms with Gasteiger partial charge in [-0.15, -0.1) is 11.3 Å². The number of halogens is 3. The highest BCUT2D eigenvalue weighted by Gasteiger charge is 2.38. The van der Waals surface area contributed by atoms with Crippen molar-refractivity contribution in [2.75, 3.05) is 20.6 Å². The summed E-state index contributed by atoms with van der Waals surface area (Å²) in [6.07, 6.45) is -3.69. The largest absolute Gasteiger partial charge is 0.490 e. The third-order valence-corrected chi connectivity index (χ3v) is 6.77. The Labute approximate surface area is 181 Å². The van der Waals surface area contributed by atoms with Crippen molar-refractivity contribution in [1.82, 2.24) is 23.4 Å². The molecule has 15 heteroatoms. The number of alkyl halides is 3. The first-order chi connectivity index (χ1) is 14.3. The smallest absolute Gasteiger partial charge is 0.475 e. The van der Waals surface area contributed by atoms with E-state index in [0.717, 1.165) is 16.4 Å². The maximum Gasteiger partial charge on any atom is 0.490 e. The highest BCUT2D eigenvalue weighted by Crippen LogP contribution is 2.19. The molecule has 31 heavy (non-hydrogen) atoms. The summed E-state index contributed by atoms with van der Waals surface area (Å²) in [5.74, 6) is -2.76. The zero-order chi connectivity index (χ0) is 23.4. The fraction of sp³-hybridized carbons (Fsp3) is 0.562. The molecule has 0 radical (unpaired) electrons. The first-order valence-corrected chi connectivity index (χ1v) is 11.1. The lowest BCUT2D eigenvalue weighted by atomic mass is 10.3. The van der Waals surface area contributed by atoms with Gasteiger partial charge < -0.3 is 9.84 Å². The lowest BCUT2D eigenvalue weighted by Crippen LogP contribution is -2.43. The van der Waals surface area contributed by atoms with Crippen LogP contribution >= 0.6 is 11.3 Å². The molecule has 0 saturated heterocycles. The van der Waals surface area contributed by atoms with E-state index >= 15 is 0 Å². The summed E-state index contributed by atoms with van der Waals surface area (Å²) in [6.45, 7) is 3.40. The molecule has 2 aromatic heterocycles. The summed E-state index contributed by atoms with van der Waals surface area (Å²) in [4.78, 5) is 13.3. The van der Waals surface area contributed by atoms with Gasteiger partial charge in [0, 0.05) is 32.2 Å². The molecule has 0 bridgehead atoms. The molecule has 174 valence electrons. The predicted octanol–water partition coefficient (Wildman–Crippen LogP) is 1.49. The number of hydrogen-bond donors (Lipinski definition) is 1. The van der Waals surface area contributed by atoms with Crippen LogP contribution in [0.25, 0.3) is 0 Å². The average Bonchev–Trinajstić information content (AvgIpc) is 3.23. The number of carboxylic acids is 1. The van der Waals surface area contributed by atoms with E-state index < -0.39 is 22.4 Å². The number of thiazole rings is 1. The average molecular weight is 486 g/mol. The first-order valence-electron chi connectivity index (χ1n) is 8.81. The third-order valence-electron chi connectivity index (χ3n) is 4.09. The number of nitrogens with zero attached hydrogens (tertiary/aromatic N) is 5. The van der Waals surface area contributed by atoms with Crippen molar-refractivity contribution < 1.29 is 36.2 Å². The Morgan fingerprint density at radius 2 is 2.03 bits per heavy atom. The lowest BCUT2D eigenvalue weighted by molar-refractivity contribution is -0.192. The maximum atomic E-state index is 12.5. The molecule has 1 aliphatic rings. The van der Waals surface area contributed by atoms with Gasteiger partial charge in [-0.2, -0.15) is 35.3 Å². The number of aromatic nitrogens is 3. The van der Waals surface area contributed by atoms with Crippen molar-refractivity contribution in [2.45, 2.75) is 38.9 Å². The van der Waals surface area contributed by atoms with Gasteiger partial charge in [-0.3, -0.25) is 4.68 Å². The SMILES string of the molecule is Cc1nc(COC2CN(S(=O)(=O)N(C)C)Cc3ccnn3C2)cs1.O=C(O)C(F)(F)F. The standard InChI is InChI=1S/C14H21N5O3S2.C2HF3O2/c1-11-16-12(10-23-11)9-22-14-7-18(24(20,21)17(2)3)6-13-4-5-15-19(13)8-14;3-2(4,5)1(6)7/h4-5,10,14H,6-9H2,1-3H3;(H,6,7). The van der Waals surface area contributed by atoms with E-state index in [4.69, 9.17) is 14.6 Å². The molecule has 1 unspecified atom stereocenters. The van der Waals surface area contributed by atoms with Crippen molar-refractivity contribution >= 4 is 27.5 Å². The van der Waals surface area contributed by atoms with Gasteiger partial charge >= 0.3 is 12.1 Å². The van der Waals surface area contributed by atoms with Crippen LogP contribution in [0.5, 0.6) is 0 Å². The number of rotatable bonds is 5. The fourth-order valence-corrected chi connectivity index (χ4v) is 4.28. The van der Waals surface area contributed by atoms with E-state index in [-0.39, 0.29) is 19.2 Å². The van der Waals surface area contributed by atoms with Crippen LogP contribution in [-0.2, 0) is 39.4 Å². The lowest BCUT2D eigenvalue weighted by Gasteiger charge is -2.26. The summed E-state index contributed by atoms with van der Waals surface area (Å²) < 4.78 is 67.3. The number of aliphatic carboxylic acids is 1. The highest BCUT2D eigenvalue weighted by molar-refractivity contribution is 7.86. The Bertz CT molecular complexity index is 990. The zero-order valence-electron chi connectivity index (χ0n) is 16.9. The summed E-state index contributed by atoms with van der Waals surface area (Å²) in [6, 6.07) is 1.84. The monoisotopic (exact) mass is 485 g/mol. The second-order valence-electron chi connectivity index (χ2n) is 6.68. The second-order valence-corrected chi connectivity index (χ2v) is 9.89. The van der Waals surface area contributed by atoms with Gasteiger partial charge in [-0.1, -0.05) is 0 Å². The van der Waals surface area contributed by atoms with Crippen molar-refractivity contribution in [3.8, 4) is 0 Å². The number of hydrogen-bond acceptors (Lipinski definition) is 7. The minimum Gasteiger partial charge on any atom is -0.475 e. The molecule has 10 nitrogen and oxygen atoms in total. The van der Waals surface area contributed by atoms with E-state index in [1.54, 1.807) is 17.5 Å². The topological polar surface area (TPSA) is 118 Å². The molecule has 0 spiro atoms. The molecular formula is C16H22F3N5O5S2. The van der Waals surface area contributed by atoms with E-state index in [1.165, 1.54) is 22.7 Å². The van der Waals surface area contributed by atoms with E-state index in [1.807, 2.05) is 23.1 Å². The Morgan fingerprint density at radius 3 is 2.55 bits per heavy atom. The number of carboxylic acid groups (broad SMARTS) is 1. The van der Waals surface area contributed by atoms with Crippen LogP contribution in [0.3, 0.4) is 0 Å². The van der Waals surface area contributed by atoms with Crippen LogP contribution < -0.4 is 0 Å². The molecule has 1 aliphatic heterocycles. The normalized spacial score (nSPS) is 17.6. The van der Waals surface area contributed by atoms with Crippen LogP contribution in [0.2, 0.25) is 0 Å². The first kappa shape index (κ1) is 25.2. The summed E-state index contributed by atoms with van der Waals surface area (Å²) in [7, 11) is -0.457. The van der Waals surface area contributed by atoms with Gasteiger partial charge in [-0.25, -0.2) is 9.78 Å². The molecule has 2 aromatic rings. The van der Waals surface area contributed by atoms with E-state index in [0.29, 0.717) is 13.2 Å². The zero-order valence-corrected chi connectivity index (χ0v) is 18.5. The minimum atomic E-state index is -5.08. The fourth-order valence-electron chi connectivity index (χ4n) is 2.57. The summed E-state index contributed by atoms with van der Waals surface area (Å²) in [5.41, 5.74) is 1.72. The van der Waals surface area contributed by atoms with Crippen LogP contribution in [0.4, 0.5) is 13.2 Å². The van der Waals surface area contributed by atoms with Crippen LogP contribution in [-0.4, -0.2) is 75.8 Å². The van der Waals surface area contributed by atoms with Gasteiger partial charge in [0.2, 0.25) is 0 Å². The van der Waals surface area contributed by atoms with Gasteiger partial charge in [0.1, 0.15) is 0 Å². The second kappa shape index (κ2) is 10.0. The molecule has 0 saturated carbocycles. The number of carbonyl (C=O) groups is 1. The van der Waals surface area contributed by atoms with Gasteiger partial charge in [0.05, 0.1) is 42.2 Å². The molecule has 0 amide bonds. The summed E-state index contributed by atoms with van der Waals surface area (Å²) >= 11 is 1.57. The minimum absolute atomic E-state index is 0.285. The van der Waals surface area contributed by atoms with Crippen LogP contribution in [0, 0.1) is 6.92 Å². The van der Waals surface area contributed by atoms with Crippen LogP contribution in [0.15, 0.2) is 17.6 Å². The predicted molar refractivity (Wildman–Crippen MR) is 104 cm³/mol. The number of aryl methyl sites for hydroxylation is 1. The Balaban J connectivity index is 0.000000423. The van der Waals surface area contributed by atoms with E-state index in [9.17, 15) is 21.6 Å². The van der Waals surface area contributed by atoms with Crippen molar-refractivity contribution in [3.63, 3.8) is 0 Å². The molecule has 1 N–H and O–H groups in total. The van der Waals surface area contributed by atoms with Gasteiger partial charge in [0.25, 0.3) is 10.2 Å². The Hall–Kier alpha value is -2.07. The Morgan fingerprint density at radius 1 is 1.39 bits per heavy atom. The molecule has 0 aromatic carbocycles. The Kier molecular flexibility index (Phi) is 8.15. The van der Waals surface area contributed by atoms with E-state index in [2.05, 4.69) is 10.1 Å². The highest BCUT2D eigenvalue weighted by atomic mass is 32.2. The van der Waals surface area contributed by atoms with Gasteiger partial charge in [0.15, 0.2) is 0 Å². The maximum absolute atomic E-state index is 12.5. The molecule has 1 atom stereocenters. The number of fused-ring (bicyclic) bond motifs is 1. The van der Waals surface area contributed by atoms with Crippen molar-refractivity contribution in [1.29, 1.82) is 0 Å². The quantitative estimate of drug-likeness (QED) is 0.682. The van der Waals surface area contributed by atoms with Gasteiger partial charge in [-0.05, 0) is 13.0 Å². The molecule has 0 aliphatic carbocycles. The summed E-state index contributed by atoms with van der Waals surface area (Å²) in [5, 5.41) is 14.3. The molecule has 3 rings (SSSR count). The molecule has 0 fully saturated rings. The van der Waals surface area contributed by atoms with Crippen molar-refractivity contribution in [2.24, 2.45) is 0 Å². The third kappa shape index (κ3) is 6.96. The van der Waals surface area contributed by atoms with Crippen LogP contribution in [0.1, 0.15) is 16.4 Å². The molecule has 3 heterocycles. The number of ether oxygens (including phenoxy) is 1.